The lowest BCUT2D eigenvalue weighted by Crippen LogP contribution is -2.49. The molecule has 7 heteroatoms. The maximum absolute atomic E-state index is 11.8. The molecule has 1 aromatic rings. The van der Waals surface area contributed by atoms with Crippen molar-refractivity contribution in [1.29, 1.82) is 0 Å². The quantitative estimate of drug-likeness (QED) is 0.671. The van der Waals surface area contributed by atoms with Crippen molar-refractivity contribution in [2.45, 2.75) is 25.5 Å². The summed E-state index contributed by atoms with van der Waals surface area (Å²) < 4.78 is 0. The number of hydroxylamine groups is 1. The zero-order valence-electron chi connectivity index (χ0n) is 13.4. The fourth-order valence-electron chi connectivity index (χ4n) is 2.49. The van der Waals surface area contributed by atoms with E-state index in [2.05, 4.69) is 21.0 Å². The number of carbonyl (C=O) groups is 2. The number of carbonyl (C=O) groups excluding carboxylic acids is 2. The number of hydrogen-bond acceptors (Lipinski definition) is 4. The van der Waals surface area contributed by atoms with E-state index < -0.39 is 0 Å². The molecule has 1 fully saturated rings. The van der Waals surface area contributed by atoms with E-state index in [0.29, 0.717) is 13.2 Å². The monoisotopic (exact) mass is 320 g/mol. The van der Waals surface area contributed by atoms with Crippen LogP contribution in [-0.4, -0.2) is 49.6 Å². The Morgan fingerprint density at radius 1 is 1.22 bits per heavy atom. The molecule has 1 heterocycles. The van der Waals surface area contributed by atoms with Crippen molar-refractivity contribution < 1.29 is 14.4 Å². The molecule has 126 valence electrons. The molecule has 0 unspecified atom stereocenters. The number of rotatable bonds is 6. The standard InChI is InChI=1S/C16H24N4O3/c1-17-15(21)11-20-9-7-14(8-10-20)18-16(22)19-23-12-13-5-3-2-4-6-13/h2-6,14H,7-12H2,1H3,(H,17,21)(H2,18,19,22). The van der Waals surface area contributed by atoms with Gasteiger partial charge >= 0.3 is 6.03 Å². The second kappa shape index (κ2) is 9.12. The molecule has 1 aromatic carbocycles. The minimum absolute atomic E-state index is 0.0171. The molecule has 0 saturated carbocycles. The van der Waals surface area contributed by atoms with Gasteiger partial charge in [0, 0.05) is 26.2 Å². The normalized spacial score (nSPS) is 15.9. The Kier molecular flexibility index (Phi) is 6.83. The first kappa shape index (κ1) is 17.2. The molecule has 0 spiro atoms. The van der Waals surface area contributed by atoms with Crippen molar-refractivity contribution in [3.8, 4) is 0 Å². The lowest BCUT2D eigenvalue weighted by Gasteiger charge is -2.31. The molecule has 1 saturated heterocycles. The van der Waals surface area contributed by atoms with Crippen molar-refractivity contribution in [1.82, 2.24) is 21.0 Å². The average molecular weight is 320 g/mol. The first-order valence-electron chi connectivity index (χ1n) is 7.82. The highest BCUT2D eigenvalue weighted by molar-refractivity contribution is 5.77. The second-order valence-corrected chi connectivity index (χ2v) is 5.57. The van der Waals surface area contributed by atoms with Crippen molar-refractivity contribution in [3.63, 3.8) is 0 Å². The molecule has 2 rings (SSSR count). The Hall–Kier alpha value is -2.12. The van der Waals surface area contributed by atoms with Gasteiger partial charge in [-0.25, -0.2) is 10.3 Å². The van der Waals surface area contributed by atoms with Gasteiger partial charge in [0.2, 0.25) is 5.91 Å². The Morgan fingerprint density at radius 3 is 2.57 bits per heavy atom. The van der Waals surface area contributed by atoms with Crippen molar-refractivity contribution >= 4 is 11.9 Å². The lowest BCUT2D eigenvalue weighted by atomic mass is 10.1. The Labute approximate surface area is 136 Å². The van der Waals surface area contributed by atoms with E-state index in [1.165, 1.54) is 0 Å². The summed E-state index contributed by atoms with van der Waals surface area (Å²) in [5, 5.41) is 5.51. The largest absolute Gasteiger partial charge is 0.358 e. The highest BCUT2D eigenvalue weighted by Crippen LogP contribution is 2.09. The second-order valence-electron chi connectivity index (χ2n) is 5.57. The third kappa shape index (κ3) is 6.25. The van der Waals surface area contributed by atoms with Crippen LogP contribution in [0.25, 0.3) is 0 Å². The van der Waals surface area contributed by atoms with Gasteiger partial charge < -0.3 is 10.6 Å². The smallest absolute Gasteiger partial charge is 0.338 e. The van der Waals surface area contributed by atoms with Gasteiger partial charge in [-0.2, -0.15) is 0 Å². The van der Waals surface area contributed by atoms with Crippen molar-refractivity contribution in [2.24, 2.45) is 0 Å². The molecule has 1 aliphatic rings. The fourth-order valence-corrected chi connectivity index (χ4v) is 2.49. The Balaban J connectivity index is 1.60. The SMILES string of the molecule is CNC(=O)CN1CCC(NC(=O)NOCc2ccccc2)CC1. The van der Waals surface area contributed by atoms with Crippen LogP contribution in [0.4, 0.5) is 4.79 Å². The van der Waals surface area contributed by atoms with E-state index >= 15 is 0 Å². The van der Waals surface area contributed by atoms with Crippen LogP contribution < -0.4 is 16.1 Å². The van der Waals surface area contributed by atoms with Gasteiger partial charge in [-0.05, 0) is 18.4 Å². The van der Waals surface area contributed by atoms with Crippen molar-refractivity contribution in [2.75, 3.05) is 26.7 Å². The van der Waals surface area contributed by atoms with Crippen LogP contribution in [0.15, 0.2) is 30.3 Å². The third-order valence-electron chi connectivity index (χ3n) is 3.82. The van der Waals surface area contributed by atoms with Gasteiger partial charge in [0.15, 0.2) is 0 Å². The summed E-state index contributed by atoms with van der Waals surface area (Å²) >= 11 is 0. The number of nitrogens with zero attached hydrogens (tertiary/aromatic N) is 1. The summed E-state index contributed by atoms with van der Waals surface area (Å²) in [6.45, 7) is 2.33. The maximum atomic E-state index is 11.8. The number of nitrogens with one attached hydrogen (secondary N) is 3. The van der Waals surface area contributed by atoms with E-state index in [1.54, 1.807) is 7.05 Å². The van der Waals surface area contributed by atoms with Crippen LogP contribution >= 0.6 is 0 Å². The highest BCUT2D eigenvalue weighted by atomic mass is 16.7. The summed E-state index contributed by atoms with van der Waals surface area (Å²) in [4.78, 5) is 30.4. The average Bonchev–Trinajstić information content (AvgIpc) is 2.57. The molecule has 0 aromatic heterocycles. The molecule has 23 heavy (non-hydrogen) atoms. The van der Waals surface area contributed by atoms with Crippen LogP contribution in [0.1, 0.15) is 18.4 Å². The van der Waals surface area contributed by atoms with Crippen LogP contribution in [0.5, 0.6) is 0 Å². The minimum Gasteiger partial charge on any atom is -0.358 e. The molecule has 3 amide bonds. The number of benzene rings is 1. The molecular formula is C16H24N4O3. The molecular weight excluding hydrogens is 296 g/mol. The van der Waals surface area contributed by atoms with Crippen LogP contribution in [0.3, 0.4) is 0 Å². The van der Waals surface area contributed by atoms with Gasteiger partial charge in [0.25, 0.3) is 0 Å². The lowest BCUT2D eigenvalue weighted by molar-refractivity contribution is -0.122. The van der Waals surface area contributed by atoms with Gasteiger partial charge in [-0.1, -0.05) is 30.3 Å². The maximum Gasteiger partial charge on any atom is 0.338 e. The molecule has 3 N–H and O–H groups in total. The Morgan fingerprint density at radius 2 is 1.91 bits per heavy atom. The van der Waals surface area contributed by atoms with Crippen molar-refractivity contribution in [3.05, 3.63) is 35.9 Å². The van der Waals surface area contributed by atoms with Gasteiger partial charge in [0.1, 0.15) is 0 Å². The zero-order chi connectivity index (χ0) is 16.5. The molecule has 0 aliphatic carbocycles. The predicted octanol–water partition coefficient (Wildman–Crippen LogP) is 0.628. The fraction of sp³-hybridized carbons (Fsp3) is 0.500. The minimum atomic E-state index is -0.328. The predicted molar refractivity (Wildman–Crippen MR) is 86.4 cm³/mol. The van der Waals surface area contributed by atoms with E-state index in [1.807, 2.05) is 30.3 Å². The van der Waals surface area contributed by atoms with Gasteiger partial charge in [-0.3, -0.25) is 14.5 Å². The third-order valence-corrected chi connectivity index (χ3v) is 3.82. The van der Waals surface area contributed by atoms with Gasteiger partial charge in [0.05, 0.1) is 13.2 Å². The van der Waals surface area contributed by atoms with E-state index in [0.717, 1.165) is 31.5 Å². The number of amides is 3. The number of hydrogen-bond donors (Lipinski definition) is 3. The zero-order valence-corrected chi connectivity index (χ0v) is 13.4. The molecule has 0 bridgehead atoms. The molecule has 1 aliphatic heterocycles. The number of piperidine rings is 1. The Bertz CT molecular complexity index is 501. The number of likely N-dealkylation sites (N-methyl/N-ethyl adjacent to an activating group) is 1. The van der Waals surface area contributed by atoms with E-state index in [9.17, 15) is 9.59 Å². The molecule has 0 radical (unpaired) electrons. The highest BCUT2D eigenvalue weighted by Gasteiger charge is 2.21. The topological polar surface area (TPSA) is 82.7 Å². The number of likely N-dealkylation sites (tertiary alicyclic amines) is 1. The first-order chi connectivity index (χ1) is 11.2. The molecule has 0 atom stereocenters. The molecule has 7 nitrogen and oxygen atoms in total. The summed E-state index contributed by atoms with van der Waals surface area (Å²) in [6.07, 6.45) is 1.65. The summed E-state index contributed by atoms with van der Waals surface area (Å²) in [5.41, 5.74) is 3.40. The van der Waals surface area contributed by atoms with E-state index in [-0.39, 0.29) is 18.0 Å². The summed E-state index contributed by atoms with van der Waals surface area (Å²) in [6, 6.07) is 9.42. The number of urea groups is 1. The summed E-state index contributed by atoms with van der Waals surface area (Å²) in [5.74, 6) is 0.0171. The van der Waals surface area contributed by atoms with Crippen LogP contribution in [-0.2, 0) is 16.2 Å². The van der Waals surface area contributed by atoms with E-state index in [4.69, 9.17) is 4.84 Å². The first-order valence-corrected chi connectivity index (χ1v) is 7.82. The van der Waals surface area contributed by atoms with Crippen LogP contribution in [0.2, 0.25) is 0 Å². The van der Waals surface area contributed by atoms with Gasteiger partial charge in [-0.15, -0.1) is 0 Å². The van der Waals surface area contributed by atoms with Crippen LogP contribution in [0, 0.1) is 0 Å². The summed E-state index contributed by atoms with van der Waals surface area (Å²) in [7, 11) is 1.64.